The largest absolute Gasteiger partial charge is 0.481 e. The number of pyridine rings is 1. The van der Waals surface area contributed by atoms with Crippen LogP contribution in [0.25, 0.3) is 0 Å². The second-order valence-corrected chi connectivity index (χ2v) is 4.67. The van der Waals surface area contributed by atoms with Crippen molar-refractivity contribution < 1.29 is 13.5 Å². The minimum atomic E-state index is -3.15. The lowest BCUT2D eigenvalue weighted by Crippen LogP contribution is -2.36. The quantitative estimate of drug-likeness (QED) is 0.623. The minimum Gasteiger partial charge on any atom is -0.481 e. The number of hydrogen-bond acceptors (Lipinski definition) is 3. The predicted octanol–water partition coefficient (Wildman–Crippen LogP) is 1.66. The number of guanidine groups is 1. The molecule has 1 aromatic heterocycles. The maximum Gasteiger partial charge on any atom is 0.309 e. The van der Waals surface area contributed by atoms with E-state index in [1.54, 1.807) is 38.0 Å². The zero-order valence-electron chi connectivity index (χ0n) is 12.4. The van der Waals surface area contributed by atoms with E-state index in [-0.39, 0.29) is 11.6 Å². The summed E-state index contributed by atoms with van der Waals surface area (Å²) >= 11 is 0. The number of ether oxygens (including phenoxy) is 1. The van der Waals surface area contributed by atoms with Crippen molar-refractivity contribution in [3.8, 4) is 5.88 Å². The van der Waals surface area contributed by atoms with Crippen molar-refractivity contribution in [2.24, 2.45) is 4.99 Å². The van der Waals surface area contributed by atoms with Crippen molar-refractivity contribution in [1.82, 2.24) is 14.8 Å². The number of methoxy groups -OCH3 is 1. The van der Waals surface area contributed by atoms with E-state index < -0.39 is 12.5 Å². The third kappa shape index (κ3) is 4.04. The van der Waals surface area contributed by atoms with Crippen molar-refractivity contribution in [2.75, 3.05) is 41.8 Å². The van der Waals surface area contributed by atoms with Gasteiger partial charge in [-0.3, -0.25) is 0 Å². The molecule has 0 aliphatic carbocycles. The lowest BCUT2D eigenvalue weighted by molar-refractivity contribution is 0.00105. The van der Waals surface area contributed by atoms with Crippen LogP contribution in [0.1, 0.15) is 5.69 Å². The van der Waals surface area contributed by atoms with E-state index in [9.17, 15) is 8.78 Å². The first-order chi connectivity index (χ1) is 9.27. The fraction of sp³-hybridized carbons (Fsp3) is 0.538. The molecule has 112 valence electrons. The monoisotopic (exact) mass is 286 g/mol. The van der Waals surface area contributed by atoms with E-state index in [0.717, 1.165) is 0 Å². The van der Waals surface area contributed by atoms with Crippen LogP contribution < -0.4 is 4.74 Å². The van der Waals surface area contributed by atoms with Gasteiger partial charge in [0.25, 0.3) is 0 Å². The average molecular weight is 286 g/mol. The molecule has 0 aliphatic rings. The molecule has 7 heteroatoms. The predicted molar refractivity (Wildman–Crippen MR) is 74.4 cm³/mol. The molecule has 0 radical (unpaired) electrons. The van der Waals surface area contributed by atoms with Gasteiger partial charge in [0.1, 0.15) is 12.2 Å². The van der Waals surface area contributed by atoms with E-state index in [2.05, 4.69) is 9.98 Å². The van der Waals surface area contributed by atoms with Crippen LogP contribution in [0.3, 0.4) is 0 Å². The fourth-order valence-electron chi connectivity index (χ4n) is 1.67. The Morgan fingerprint density at radius 1 is 1.25 bits per heavy atom. The summed E-state index contributed by atoms with van der Waals surface area (Å²) in [6, 6.07) is 4.27. The number of aliphatic imine (C=N–C) groups is 1. The number of rotatable bonds is 4. The molecule has 0 unspecified atom stereocenters. The SMILES string of the molecule is COc1cccc(C(F)(F)CN=C(N(C)C)N(C)C)n1. The fourth-order valence-corrected chi connectivity index (χ4v) is 1.67. The van der Waals surface area contributed by atoms with E-state index in [4.69, 9.17) is 4.74 Å². The Labute approximate surface area is 117 Å². The molecular weight excluding hydrogens is 266 g/mol. The van der Waals surface area contributed by atoms with Gasteiger partial charge in [0.05, 0.1) is 7.11 Å². The molecule has 1 rings (SSSR count). The van der Waals surface area contributed by atoms with Crippen LogP contribution in [-0.4, -0.2) is 62.6 Å². The first-order valence-electron chi connectivity index (χ1n) is 6.06. The van der Waals surface area contributed by atoms with Crippen molar-refractivity contribution >= 4 is 5.96 Å². The topological polar surface area (TPSA) is 41.0 Å². The summed E-state index contributed by atoms with van der Waals surface area (Å²) in [5.41, 5.74) is -0.350. The van der Waals surface area contributed by atoms with E-state index >= 15 is 0 Å². The van der Waals surface area contributed by atoms with Gasteiger partial charge in [-0.2, -0.15) is 8.78 Å². The second-order valence-electron chi connectivity index (χ2n) is 4.67. The molecule has 0 spiro atoms. The Hall–Kier alpha value is -1.92. The van der Waals surface area contributed by atoms with E-state index in [0.29, 0.717) is 5.96 Å². The lowest BCUT2D eigenvalue weighted by Gasteiger charge is -2.23. The maximum atomic E-state index is 14.1. The highest BCUT2D eigenvalue weighted by molar-refractivity contribution is 5.79. The van der Waals surface area contributed by atoms with Crippen molar-refractivity contribution in [3.63, 3.8) is 0 Å². The van der Waals surface area contributed by atoms with Gasteiger partial charge in [0.2, 0.25) is 5.88 Å². The van der Waals surface area contributed by atoms with Gasteiger partial charge in [-0.25, -0.2) is 9.98 Å². The molecule has 20 heavy (non-hydrogen) atoms. The molecule has 0 bridgehead atoms. The summed E-state index contributed by atoms with van der Waals surface area (Å²) in [4.78, 5) is 11.1. The molecule has 0 atom stereocenters. The smallest absolute Gasteiger partial charge is 0.309 e. The number of alkyl halides is 2. The first-order valence-corrected chi connectivity index (χ1v) is 6.06. The molecular formula is C13H20F2N4O. The normalized spacial score (nSPS) is 10.9. The van der Waals surface area contributed by atoms with Crippen LogP contribution in [0.4, 0.5) is 8.78 Å². The van der Waals surface area contributed by atoms with E-state index in [1.807, 2.05) is 0 Å². The van der Waals surface area contributed by atoms with Gasteiger partial charge in [-0.15, -0.1) is 0 Å². The summed E-state index contributed by atoms with van der Waals surface area (Å²) < 4.78 is 33.1. The highest BCUT2D eigenvalue weighted by atomic mass is 19.3. The molecule has 5 nitrogen and oxygen atoms in total. The number of nitrogens with zero attached hydrogens (tertiary/aromatic N) is 4. The highest BCUT2D eigenvalue weighted by Crippen LogP contribution is 2.28. The van der Waals surface area contributed by atoms with Gasteiger partial charge in [0, 0.05) is 34.3 Å². The molecule has 0 amide bonds. The summed E-state index contributed by atoms with van der Waals surface area (Å²) in [7, 11) is 8.39. The zero-order chi connectivity index (χ0) is 15.3. The second kappa shape index (κ2) is 6.49. The van der Waals surface area contributed by atoms with Gasteiger partial charge >= 0.3 is 5.92 Å². The Balaban J connectivity index is 2.96. The molecule has 1 heterocycles. The van der Waals surface area contributed by atoms with Crippen LogP contribution in [0, 0.1) is 0 Å². The van der Waals surface area contributed by atoms with E-state index in [1.165, 1.54) is 25.3 Å². The van der Waals surface area contributed by atoms with Crippen LogP contribution in [0.2, 0.25) is 0 Å². The molecule has 0 aliphatic heterocycles. The van der Waals surface area contributed by atoms with Crippen LogP contribution in [0.15, 0.2) is 23.2 Å². The standard InChI is InChI=1S/C13H20F2N4O/c1-18(2)12(19(3)4)16-9-13(14,15)10-7-6-8-11(17-10)20-5/h6-8H,9H2,1-5H3. The maximum absolute atomic E-state index is 14.1. The average Bonchev–Trinajstić information content (AvgIpc) is 2.38. The Bertz CT molecular complexity index is 465. The van der Waals surface area contributed by atoms with Crippen LogP contribution >= 0.6 is 0 Å². The minimum absolute atomic E-state index is 0.159. The molecule has 0 fully saturated rings. The summed E-state index contributed by atoms with van der Waals surface area (Å²) in [5.74, 6) is -2.52. The number of halogens is 2. The number of hydrogen-bond donors (Lipinski definition) is 0. The van der Waals surface area contributed by atoms with Crippen LogP contribution in [0.5, 0.6) is 5.88 Å². The van der Waals surface area contributed by atoms with Gasteiger partial charge in [0.15, 0.2) is 5.96 Å². The molecule has 0 saturated carbocycles. The number of aromatic nitrogens is 1. The van der Waals surface area contributed by atoms with Crippen molar-refractivity contribution in [2.45, 2.75) is 5.92 Å². The van der Waals surface area contributed by atoms with Gasteiger partial charge in [-0.05, 0) is 6.07 Å². The lowest BCUT2D eigenvalue weighted by atomic mass is 10.2. The highest BCUT2D eigenvalue weighted by Gasteiger charge is 2.33. The third-order valence-electron chi connectivity index (χ3n) is 2.53. The first kappa shape index (κ1) is 16.1. The summed E-state index contributed by atoms with van der Waals surface area (Å²) in [5, 5.41) is 0. The third-order valence-corrected chi connectivity index (χ3v) is 2.53. The van der Waals surface area contributed by atoms with Crippen LogP contribution in [-0.2, 0) is 5.92 Å². The Morgan fingerprint density at radius 3 is 2.35 bits per heavy atom. The van der Waals surface area contributed by atoms with Gasteiger partial charge < -0.3 is 14.5 Å². The molecule has 0 aromatic carbocycles. The Kier molecular flexibility index (Phi) is 5.24. The molecule has 1 aromatic rings. The van der Waals surface area contributed by atoms with Crippen molar-refractivity contribution in [1.29, 1.82) is 0 Å². The summed E-state index contributed by atoms with van der Waals surface area (Å²) in [6.07, 6.45) is 0. The van der Waals surface area contributed by atoms with Crippen molar-refractivity contribution in [3.05, 3.63) is 23.9 Å². The molecule has 0 saturated heterocycles. The zero-order valence-corrected chi connectivity index (χ0v) is 12.4. The van der Waals surface area contributed by atoms with Gasteiger partial charge in [-0.1, -0.05) is 6.07 Å². The summed E-state index contributed by atoms with van der Waals surface area (Å²) in [6.45, 7) is -0.668. The molecule has 0 N–H and O–H groups in total. The Morgan fingerprint density at radius 2 is 1.85 bits per heavy atom.